The van der Waals surface area contributed by atoms with E-state index in [1.54, 1.807) is 18.2 Å². The van der Waals surface area contributed by atoms with Gasteiger partial charge >= 0.3 is 5.97 Å². The maximum absolute atomic E-state index is 10.8. The lowest BCUT2D eigenvalue weighted by atomic mass is 10.1. The smallest absolute Gasteiger partial charge is 0.338 e. The molecule has 0 aliphatic carbocycles. The lowest BCUT2D eigenvalue weighted by molar-refractivity contribution is 0.0697. The number of aromatic nitrogens is 1. The molecule has 1 N–H and O–H groups in total. The summed E-state index contributed by atoms with van der Waals surface area (Å²) in [4.78, 5) is 14.8. The SMILES string of the molecule is Cl.O=C(O)c1cnc2ccc(Cl)cc2c1Cl. The van der Waals surface area contributed by atoms with Crippen LogP contribution in [-0.2, 0) is 0 Å². The van der Waals surface area contributed by atoms with Gasteiger partial charge in [-0.1, -0.05) is 23.2 Å². The standard InChI is InChI=1S/C10H5Cl2NO2.ClH/c11-5-1-2-8-6(3-5)9(12)7(4-13-8)10(14)15;/h1-4H,(H,14,15);1H. The van der Waals surface area contributed by atoms with Crippen molar-refractivity contribution in [2.75, 3.05) is 0 Å². The average Bonchev–Trinajstić information content (AvgIpc) is 2.19. The molecule has 3 nitrogen and oxygen atoms in total. The van der Waals surface area contributed by atoms with E-state index in [1.807, 2.05) is 0 Å². The molecule has 0 saturated heterocycles. The van der Waals surface area contributed by atoms with Gasteiger partial charge < -0.3 is 5.11 Å². The van der Waals surface area contributed by atoms with Crippen LogP contribution in [0.15, 0.2) is 24.4 Å². The fourth-order valence-corrected chi connectivity index (χ4v) is 1.73. The number of hydrogen-bond donors (Lipinski definition) is 1. The van der Waals surface area contributed by atoms with Crippen LogP contribution >= 0.6 is 35.6 Å². The van der Waals surface area contributed by atoms with Crippen molar-refractivity contribution in [3.8, 4) is 0 Å². The molecule has 16 heavy (non-hydrogen) atoms. The van der Waals surface area contributed by atoms with E-state index in [-0.39, 0.29) is 23.0 Å². The van der Waals surface area contributed by atoms with Crippen molar-refractivity contribution in [1.29, 1.82) is 0 Å². The molecule has 0 spiro atoms. The van der Waals surface area contributed by atoms with Gasteiger partial charge in [-0.3, -0.25) is 4.98 Å². The Morgan fingerprint density at radius 2 is 2.00 bits per heavy atom. The summed E-state index contributed by atoms with van der Waals surface area (Å²) in [7, 11) is 0. The molecular weight excluding hydrogens is 272 g/mol. The van der Waals surface area contributed by atoms with Crippen LogP contribution in [0.25, 0.3) is 10.9 Å². The molecule has 1 aromatic carbocycles. The fourth-order valence-electron chi connectivity index (χ4n) is 1.28. The van der Waals surface area contributed by atoms with E-state index in [0.717, 1.165) is 0 Å². The Morgan fingerprint density at radius 3 is 2.62 bits per heavy atom. The van der Waals surface area contributed by atoms with Gasteiger partial charge in [0, 0.05) is 16.6 Å². The fraction of sp³-hybridized carbons (Fsp3) is 0. The molecule has 0 saturated carbocycles. The van der Waals surface area contributed by atoms with Crippen molar-refractivity contribution < 1.29 is 9.90 Å². The summed E-state index contributed by atoms with van der Waals surface area (Å²) in [6, 6.07) is 4.96. The van der Waals surface area contributed by atoms with Crippen LogP contribution in [0.5, 0.6) is 0 Å². The van der Waals surface area contributed by atoms with Gasteiger partial charge in [0.15, 0.2) is 0 Å². The van der Waals surface area contributed by atoms with Crippen molar-refractivity contribution in [2.45, 2.75) is 0 Å². The predicted molar refractivity (Wildman–Crippen MR) is 66.0 cm³/mol. The highest BCUT2D eigenvalue weighted by Crippen LogP contribution is 2.27. The minimum Gasteiger partial charge on any atom is -0.478 e. The van der Waals surface area contributed by atoms with Gasteiger partial charge in [0.1, 0.15) is 0 Å². The number of carboxylic acid groups (broad SMARTS) is 1. The lowest BCUT2D eigenvalue weighted by Crippen LogP contribution is -1.99. The quantitative estimate of drug-likeness (QED) is 0.866. The normalized spacial score (nSPS) is 9.88. The first-order valence-corrected chi connectivity index (χ1v) is 4.82. The zero-order valence-electron chi connectivity index (χ0n) is 7.78. The van der Waals surface area contributed by atoms with Gasteiger partial charge in [-0.25, -0.2) is 4.79 Å². The highest BCUT2D eigenvalue weighted by molar-refractivity contribution is 6.39. The lowest BCUT2D eigenvalue weighted by Gasteiger charge is -2.03. The minimum absolute atomic E-state index is 0. The van der Waals surface area contributed by atoms with Crippen LogP contribution in [0.3, 0.4) is 0 Å². The van der Waals surface area contributed by atoms with Crippen molar-refractivity contribution in [3.05, 3.63) is 40.0 Å². The van der Waals surface area contributed by atoms with E-state index in [0.29, 0.717) is 15.9 Å². The summed E-state index contributed by atoms with van der Waals surface area (Å²) in [5.74, 6) is -1.10. The highest BCUT2D eigenvalue weighted by atomic mass is 35.5. The van der Waals surface area contributed by atoms with Crippen LogP contribution in [0.4, 0.5) is 0 Å². The van der Waals surface area contributed by atoms with Gasteiger partial charge in [0.25, 0.3) is 0 Å². The Labute approximate surface area is 107 Å². The number of carbonyl (C=O) groups is 1. The Hall–Kier alpha value is -1.03. The summed E-state index contributed by atoms with van der Waals surface area (Å²) >= 11 is 11.7. The van der Waals surface area contributed by atoms with Crippen LogP contribution in [0.2, 0.25) is 10.0 Å². The second-order valence-corrected chi connectivity index (χ2v) is 3.77. The highest BCUT2D eigenvalue weighted by Gasteiger charge is 2.12. The molecule has 0 aliphatic heterocycles. The molecule has 0 radical (unpaired) electrons. The molecule has 2 aromatic rings. The number of nitrogens with zero attached hydrogens (tertiary/aromatic N) is 1. The first kappa shape index (κ1) is 13.0. The third-order valence-corrected chi connectivity index (χ3v) is 2.64. The van der Waals surface area contributed by atoms with Gasteiger partial charge in [0.05, 0.1) is 16.1 Å². The monoisotopic (exact) mass is 277 g/mol. The number of pyridine rings is 1. The first-order valence-electron chi connectivity index (χ1n) is 4.06. The topological polar surface area (TPSA) is 50.2 Å². The van der Waals surface area contributed by atoms with Crippen LogP contribution < -0.4 is 0 Å². The maximum atomic E-state index is 10.8. The molecule has 0 unspecified atom stereocenters. The molecule has 0 fully saturated rings. The predicted octanol–water partition coefficient (Wildman–Crippen LogP) is 3.66. The van der Waals surface area contributed by atoms with Crippen molar-refractivity contribution >= 4 is 52.5 Å². The Balaban J connectivity index is 0.00000128. The molecular formula is C10H6Cl3NO2. The summed E-state index contributed by atoms with van der Waals surface area (Å²) in [6.45, 7) is 0. The van der Waals surface area contributed by atoms with E-state index in [1.165, 1.54) is 6.20 Å². The Kier molecular flexibility index (Phi) is 3.97. The van der Waals surface area contributed by atoms with Crippen LogP contribution in [-0.4, -0.2) is 16.1 Å². The molecule has 6 heteroatoms. The summed E-state index contributed by atoms with van der Waals surface area (Å²) in [5, 5.41) is 10.0. The second-order valence-electron chi connectivity index (χ2n) is 2.95. The van der Waals surface area contributed by atoms with E-state index < -0.39 is 5.97 Å². The van der Waals surface area contributed by atoms with Gasteiger partial charge in [-0.2, -0.15) is 0 Å². The number of aromatic carboxylic acids is 1. The minimum atomic E-state index is -1.10. The summed E-state index contributed by atoms with van der Waals surface area (Å²) in [6.07, 6.45) is 1.24. The number of halogens is 3. The zero-order chi connectivity index (χ0) is 11.0. The van der Waals surface area contributed by atoms with Crippen molar-refractivity contribution in [3.63, 3.8) is 0 Å². The molecule has 0 atom stereocenters. The number of hydrogen-bond acceptors (Lipinski definition) is 2. The van der Waals surface area contributed by atoms with E-state index >= 15 is 0 Å². The summed E-state index contributed by atoms with van der Waals surface area (Å²) < 4.78 is 0. The van der Waals surface area contributed by atoms with E-state index in [4.69, 9.17) is 28.3 Å². The zero-order valence-corrected chi connectivity index (χ0v) is 10.1. The summed E-state index contributed by atoms with van der Waals surface area (Å²) in [5.41, 5.74) is 0.598. The van der Waals surface area contributed by atoms with Crippen molar-refractivity contribution in [1.82, 2.24) is 4.98 Å². The molecule has 1 heterocycles. The largest absolute Gasteiger partial charge is 0.478 e. The van der Waals surface area contributed by atoms with Gasteiger partial charge in [-0.05, 0) is 18.2 Å². The average molecular weight is 279 g/mol. The van der Waals surface area contributed by atoms with Gasteiger partial charge in [-0.15, -0.1) is 12.4 Å². The molecule has 0 bridgehead atoms. The number of rotatable bonds is 1. The van der Waals surface area contributed by atoms with Gasteiger partial charge in [0.2, 0.25) is 0 Å². The maximum Gasteiger partial charge on any atom is 0.338 e. The van der Waals surface area contributed by atoms with E-state index in [2.05, 4.69) is 4.98 Å². The molecule has 2 rings (SSSR count). The Morgan fingerprint density at radius 1 is 1.31 bits per heavy atom. The van der Waals surface area contributed by atoms with Crippen LogP contribution in [0, 0.1) is 0 Å². The molecule has 0 amide bonds. The third-order valence-electron chi connectivity index (χ3n) is 1.99. The third kappa shape index (κ3) is 2.21. The molecule has 84 valence electrons. The first-order chi connectivity index (χ1) is 7.09. The van der Waals surface area contributed by atoms with Crippen molar-refractivity contribution in [2.24, 2.45) is 0 Å². The number of benzene rings is 1. The van der Waals surface area contributed by atoms with Crippen LogP contribution in [0.1, 0.15) is 10.4 Å². The Bertz CT molecular complexity index is 557. The molecule has 1 aromatic heterocycles. The molecule has 0 aliphatic rings. The number of fused-ring (bicyclic) bond motifs is 1. The number of carboxylic acids is 1. The van der Waals surface area contributed by atoms with E-state index in [9.17, 15) is 4.79 Å². The second kappa shape index (κ2) is 4.87.